The highest BCUT2D eigenvalue weighted by atomic mass is 16.1. The van der Waals surface area contributed by atoms with E-state index in [9.17, 15) is 4.79 Å². The first kappa shape index (κ1) is 17.7. The van der Waals surface area contributed by atoms with E-state index in [2.05, 4.69) is 66.5 Å². The summed E-state index contributed by atoms with van der Waals surface area (Å²) in [7, 11) is 0. The van der Waals surface area contributed by atoms with Crippen LogP contribution in [0.15, 0.2) is 42.5 Å². The lowest BCUT2D eigenvalue weighted by molar-refractivity contribution is -0.120. The van der Waals surface area contributed by atoms with E-state index >= 15 is 0 Å². The van der Waals surface area contributed by atoms with Crippen molar-refractivity contribution in [3.05, 3.63) is 70.3 Å². The Morgan fingerprint density at radius 3 is 2.44 bits per heavy atom. The van der Waals surface area contributed by atoms with E-state index in [0.717, 1.165) is 12.1 Å². The molecule has 1 amide bonds. The smallest absolute Gasteiger partial charge is 0.224 e. The van der Waals surface area contributed by atoms with Crippen molar-refractivity contribution in [3.8, 4) is 0 Å². The number of nitrogens with zero attached hydrogens (tertiary/aromatic N) is 1. The molecule has 0 radical (unpaired) electrons. The van der Waals surface area contributed by atoms with Crippen molar-refractivity contribution in [2.75, 3.05) is 13.1 Å². The first-order valence-corrected chi connectivity index (χ1v) is 9.24. The van der Waals surface area contributed by atoms with Gasteiger partial charge in [-0.05, 0) is 62.0 Å². The third-order valence-electron chi connectivity index (χ3n) is 5.04. The van der Waals surface area contributed by atoms with Gasteiger partial charge in [0.1, 0.15) is 0 Å². The fraction of sp³-hybridized carbons (Fsp3) is 0.409. The summed E-state index contributed by atoms with van der Waals surface area (Å²) in [6.45, 7) is 8.12. The molecule has 2 aromatic rings. The van der Waals surface area contributed by atoms with Crippen LogP contribution in [0.4, 0.5) is 0 Å². The maximum absolute atomic E-state index is 12.4. The number of carbonyl (C=O) groups excluding carboxylic acids is 1. The number of benzene rings is 2. The van der Waals surface area contributed by atoms with Crippen LogP contribution in [0.1, 0.15) is 40.7 Å². The molecule has 1 heterocycles. The van der Waals surface area contributed by atoms with Crippen LogP contribution in [0.25, 0.3) is 0 Å². The Balaban J connectivity index is 1.58. The van der Waals surface area contributed by atoms with Gasteiger partial charge in [-0.15, -0.1) is 0 Å². The van der Waals surface area contributed by atoms with Crippen molar-refractivity contribution in [1.82, 2.24) is 10.2 Å². The predicted octanol–water partition coefficient (Wildman–Crippen LogP) is 3.76. The maximum Gasteiger partial charge on any atom is 0.224 e. The zero-order valence-corrected chi connectivity index (χ0v) is 15.3. The lowest BCUT2D eigenvalue weighted by Crippen LogP contribution is -2.26. The summed E-state index contributed by atoms with van der Waals surface area (Å²) in [5.74, 6) is 0.0860. The molecule has 0 aliphatic carbocycles. The second kappa shape index (κ2) is 8.30. The van der Waals surface area contributed by atoms with Crippen molar-refractivity contribution in [3.63, 3.8) is 0 Å². The molecule has 0 aromatic heterocycles. The topological polar surface area (TPSA) is 32.3 Å². The second-order valence-electron chi connectivity index (χ2n) is 7.14. The number of nitrogens with one attached hydrogen (secondary N) is 1. The zero-order valence-electron chi connectivity index (χ0n) is 15.3. The monoisotopic (exact) mass is 336 g/mol. The quantitative estimate of drug-likeness (QED) is 0.871. The molecule has 132 valence electrons. The van der Waals surface area contributed by atoms with Gasteiger partial charge in [0.15, 0.2) is 0 Å². The second-order valence-corrected chi connectivity index (χ2v) is 7.14. The van der Waals surface area contributed by atoms with Gasteiger partial charge in [-0.1, -0.05) is 48.0 Å². The Kier molecular flexibility index (Phi) is 5.87. The van der Waals surface area contributed by atoms with Gasteiger partial charge in [0.25, 0.3) is 0 Å². The van der Waals surface area contributed by atoms with E-state index in [4.69, 9.17) is 0 Å². The maximum atomic E-state index is 12.4. The minimum absolute atomic E-state index is 0.0860. The molecule has 1 aliphatic rings. The zero-order chi connectivity index (χ0) is 17.6. The highest BCUT2D eigenvalue weighted by molar-refractivity contribution is 5.79. The third-order valence-corrected chi connectivity index (χ3v) is 5.04. The Morgan fingerprint density at radius 2 is 1.72 bits per heavy atom. The Hall–Kier alpha value is -2.13. The van der Waals surface area contributed by atoms with Gasteiger partial charge in [0.2, 0.25) is 5.91 Å². The summed E-state index contributed by atoms with van der Waals surface area (Å²) in [6, 6.07) is 14.7. The Labute approximate surface area is 151 Å². The van der Waals surface area contributed by atoms with E-state index in [1.165, 1.54) is 48.2 Å². The average molecular weight is 336 g/mol. The van der Waals surface area contributed by atoms with Gasteiger partial charge in [0, 0.05) is 13.1 Å². The number of amides is 1. The number of hydrogen-bond acceptors (Lipinski definition) is 2. The summed E-state index contributed by atoms with van der Waals surface area (Å²) >= 11 is 0. The number of rotatable bonds is 6. The largest absolute Gasteiger partial charge is 0.352 e. The van der Waals surface area contributed by atoms with E-state index in [-0.39, 0.29) is 5.91 Å². The summed E-state index contributed by atoms with van der Waals surface area (Å²) in [4.78, 5) is 14.9. The average Bonchev–Trinajstić information content (AvgIpc) is 3.10. The number of likely N-dealkylation sites (tertiary alicyclic amines) is 1. The predicted molar refractivity (Wildman–Crippen MR) is 102 cm³/mol. The van der Waals surface area contributed by atoms with Crippen LogP contribution in [-0.4, -0.2) is 23.9 Å². The molecular weight excluding hydrogens is 308 g/mol. The Bertz CT molecular complexity index is 733. The van der Waals surface area contributed by atoms with Crippen molar-refractivity contribution in [2.24, 2.45) is 0 Å². The molecule has 3 heteroatoms. The Morgan fingerprint density at radius 1 is 1.00 bits per heavy atom. The van der Waals surface area contributed by atoms with Gasteiger partial charge in [-0.25, -0.2) is 0 Å². The summed E-state index contributed by atoms with van der Waals surface area (Å²) < 4.78 is 0. The van der Waals surface area contributed by atoms with Crippen LogP contribution >= 0.6 is 0 Å². The minimum Gasteiger partial charge on any atom is -0.352 e. The van der Waals surface area contributed by atoms with Gasteiger partial charge >= 0.3 is 0 Å². The minimum atomic E-state index is 0.0860. The lowest BCUT2D eigenvalue weighted by Gasteiger charge is -2.18. The molecule has 0 bridgehead atoms. The van der Waals surface area contributed by atoms with E-state index in [1.54, 1.807) is 0 Å². The van der Waals surface area contributed by atoms with Crippen molar-refractivity contribution >= 4 is 5.91 Å². The van der Waals surface area contributed by atoms with Gasteiger partial charge < -0.3 is 5.32 Å². The number of carbonyl (C=O) groups is 1. The molecule has 3 rings (SSSR count). The summed E-state index contributed by atoms with van der Waals surface area (Å²) in [6.07, 6.45) is 3.05. The molecule has 0 atom stereocenters. The molecular formula is C22H28N2O. The summed E-state index contributed by atoms with van der Waals surface area (Å²) in [5, 5.41) is 3.10. The van der Waals surface area contributed by atoms with Gasteiger partial charge in [-0.2, -0.15) is 0 Å². The summed E-state index contributed by atoms with van der Waals surface area (Å²) in [5.41, 5.74) is 6.08. The van der Waals surface area contributed by atoms with Gasteiger partial charge in [-0.3, -0.25) is 9.69 Å². The van der Waals surface area contributed by atoms with Crippen molar-refractivity contribution in [1.29, 1.82) is 0 Å². The fourth-order valence-electron chi connectivity index (χ4n) is 3.54. The van der Waals surface area contributed by atoms with E-state index in [0.29, 0.717) is 13.0 Å². The molecule has 0 unspecified atom stereocenters. The molecule has 1 N–H and O–H groups in total. The fourth-order valence-corrected chi connectivity index (χ4v) is 3.54. The highest BCUT2D eigenvalue weighted by Gasteiger charge is 2.14. The van der Waals surface area contributed by atoms with Crippen molar-refractivity contribution in [2.45, 2.75) is 46.2 Å². The van der Waals surface area contributed by atoms with Crippen LogP contribution in [0, 0.1) is 13.8 Å². The van der Waals surface area contributed by atoms with E-state index in [1.807, 2.05) is 0 Å². The molecule has 1 aliphatic heterocycles. The molecule has 3 nitrogen and oxygen atoms in total. The first-order chi connectivity index (χ1) is 12.1. The lowest BCUT2D eigenvalue weighted by atomic mass is 10.0. The molecule has 1 saturated heterocycles. The molecule has 0 saturated carbocycles. The van der Waals surface area contributed by atoms with Gasteiger partial charge in [0.05, 0.1) is 6.42 Å². The highest BCUT2D eigenvalue weighted by Crippen LogP contribution is 2.16. The normalized spacial score (nSPS) is 14.6. The van der Waals surface area contributed by atoms with Crippen LogP contribution in [0.3, 0.4) is 0 Å². The third kappa shape index (κ3) is 4.93. The van der Waals surface area contributed by atoms with Crippen molar-refractivity contribution < 1.29 is 4.79 Å². The molecule has 2 aromatic carbocycles. The molecule has 25 heavy (non-hydrogen) atoms. The standard InChI is InChI=1S/C22H28N2O/c1-17-9-10-19(18(2)13-17)14-22(25)23-15-20-7-3-4-8-21(20)16-24-11-5-6-12-24/h3-4,7-10,13H,5-6,11-12,14-16H2,1-2H3,(H,23,25). The van der Waals surface area contributed by atoms with Crippen LogP contribution in [-0.2, 0) is 24.3 Å². The van der Waals surface area contributed by atoms with E-state index < -0.39 is 0 Å². The number of hydrogen-bond donors (Lipinski definition) is 1. The number of aryl methyl sites for hydroxylation is 2. The SMILES string of the molecule is Cc1ccc(CC(=O)NCc2ccccc2CN2CCCC2)c(C)c1. The molecule has 0 spiro atoms. The van der Waals surface area contributed by atoms with Crippen LogP contribution in [0.5, 0.6) is 0 Å². The van der Waals surface area contributed by atoms with Crippen LogP contribution < -0.4 is 5.32 Å². The van der Waals surface area contributed by atoms with Crippen LogP contribution in [0.2, 0.25) is 0 Å². The first-order valence-electron chi connectivity index (χ1n) is 9.24. The molecule has 1 fully saturated rings.